The van der Waals surface area contributed by atoms with Crippen LogP contribution in [-0.4, -0.2) is 34.5 Å². The first-order valence-corrected chi connectivity index (χ1v) is 8.94. The molecule has 0 fully saturated rings. The number of hydrogen-bond acceptors (Lipinski definition) is 5. The van der Waals surface area contributed by atoms with E-state index < -0.39 is 11.9 Å². The van der Waals surface area contributed by atoms with Gasteiger partial charge in [0.25, 0.3) is 0 Å². The van der Waals surface area contributed by atoms with E-state index >= 15 is 0 Å². The normalized spacial score (nSPS) is 9.86. The molecule has 152 valence electrons. The Bertz CT molecular complexity index is 844. The van der Waals surface area contributed by atoms with Crippen LogP contribution in [0.4, 0.5) is 15.0 Å². The first-order chi connectivity index (χ1) is 13.3. The van der Waals surface area contributed by atoms with Crippen LogP contribution in [-0.2, 0) is 12.8 Å². The number of carboxylic acid groups (broad SMARTS) is 1. The van der Waals surface area contributed by atoms with Crippen molar-refractivity contribution in [2.45, 2.75) is 33.6 Å². The standard InChI is InChI=1S/C13H17ClFNO3.C5H6N4/c1-3-8-7-10(14)11(15)9(12(8)19-4-2)5-6-16-13(17)18;1-3-4(2-6)5(7)9-8-3/h7,16H,3-6H2,1-2H3,(H,17,18);1H3,(H3,7,8,9). The Kier molecular flexibility index (Phi) is 9.05. The summed E-state index contributed by atoms with van der Waals surface area (Å²) in [6.45, 7) is 6.00. The number of ether oxygens (including phenoxy) is 1. The first kappa shape index (κ1) is 23.0. The average molecular weight is 412 g/mol. The highest BCUT2D eigenvalue weighted by Gasteiger charge is 2.17. The second-order valence-corrected chi connectivity index (χ2v) is 6.04. The molecule has 1 amide bonds. The maximum atomic E-state index is 14.0. The predicted molar refractivity (Wildman–Crippen MR) is 104 cm³/mol. The molecule has 0 atom stereocenters. The Balaban J connectivity index is 0.000000362. The van der Waals surface area contributed by atoms with E-state index in [1.165, 1.54) is 0 Å². The summed E-state index contributed by atoms with van der Waals surface area (Å²) in [6, 6.07) is 3.48. The number of halogens is 2. The molecule has 0 saturated heterocycles. The van der Waals surface area contributed by atoms with Crippen molar-refractivity contribution in [1.82, 2.24) is 15.5 Å². The lowest BCUT2D eigenvalue weighted by Crippen LogP contribution is -2.24. The molecule has 2 aromatic rings. The van der Waals surface area contributed by atoms with E-state index in [4.69, 9.17) is 32.4 Å². The van der Waals surface area contributed by atoms with Gasteiger partial charge in [-0.2, -0.15) is 10.4 Å². The predicted octanol–water partition coefficient (Wildman–Crippen LogP) is 3.42. The van der Waals surface area contributed by atoms with E-state index in [0.717, 1.165) is 11.3 Å². The van der Waals surface area contributed by atoms with Gasteiger partial charge in [0.1, 0.15) is 23.2 Å². The van der Waals surface area contributed by atoms with E-state index in [2.05, 4.69) is 15.5 Å². The molecular formula is C18H23ClFN5O3. The van der Waals surface area contributed by atoms with Crippen LogP contribution in [0, 0.1) is 24.1 Å². The quantitative estimate of drug-likeness (QED) is 0.574. The molecule has 2 rings (SSSR count). The number of benzene rings is 1. The minimum atomic E-state index is -1.14. The summed E-state index contributed by atoms with van der Waals surface area (Å²) in [5.41, 5.74) is 7.58. The number of carbonyl (C=O) groups is 1. The molecule has 1 heterocycles. The highest BCUT2D eigenvalue weighted by molar-refractivity contribution is 6.31. The molecule has 0 aliphatic rings. The lowest BCUT2D eigenvalue weighted by molar-refractivity contribution is 0.194. The van der Waals surface area contributed by atoms with Crippen molar-refractivity contribution in [3.63, 3.8) is 0 Å². The Morgan fingerprint density at radius 1 is 1.54 bits per heavy atom. The number of H-pyrrole nitrogens is 1. The summed E-state index contributed by atoms with van der Waals surface area (Å²) >= 11 is 5.84. The second-order valence-electron chi connectivity index (χ2n) is 5.63. The number of nitrogens with two attached hydrogens (primary N) is 1. The van der Waals surface area contributed by atoms with Crippen LogP contribution >= 0.6 is 11.6 Å². The minimum Gasteiger partial charge on any atom is -0.493 e. The van der Waals surface area contributed by atoms with E-state index in [1.807, 2.05) is 19.9 Å². The summed E-state index contributed by atoms with van der Waals surface area (Å²) in [4.78, 5) is 10.4. The molecule has 0 bridgehead atoms. The maximum absolute atomic E-state index is 14.0. The summed E-state index contributed by atoms with van der Waals surface area (Å²) < 4.78 is 19.5. The van der Waals surface area contributed by atoms with Crippen LogP contribution in [0.25, 0.3) is 0 Å². The van der Waals surface area contributed by atoms with Crippen molar-refractivity contribution >= 4 is 23.5 Å². The van der Waals surface area contributed by atoms with Crippen molar-refractivity contribution in [3.8, 4) is 11.8 Å². The number of nitrogens with one attached hydrogen (secondary N) is 2. The highest BCUT2D eigenvalue weighted by Crippen LogP contribution is 2.32. The van der Waals surface area contributed by atoms with Crippen LogP contribution < -0.4 is 15.8 Å². The van der Waals surface area contributed by atoms with Crippen LogP contribution in [0.3, 0.4) is 0 Å². The number of aryl methyl sites for hydroxylation is 2. The Morgan fingerprint density at radius 3 is 2.64 bits per heavy atom. The first-order valence-electron chi connectivity index (χ1n) is 8.56. The van der Waals surface area contributed by atoms with Crippen molar-refractivity contribution in [1.29, 1.82) is 5.26 Å². The van der Waals surface area contributed by atoms with Crippen molar-refractivity contribution in [2.75, 3.05) is 18.9 Å². The van der Waals surface area contributed by atoms with Gasteiger partial charge in [0.15, 0.2) is 5.82 Å². The van der Waals surface area contributed by atoms with Crippen molar-refractivity contribution in [3.05, 3.63) is 39.3 Å². The van der Waals surface area contributed by atoms with Gasteiger partial charge in [-0.3, -0.25) is 5.10 Å². The number of hydrogen-bond donors (Lipinski definition) is 4. The van der Waals surface area contributed by atoms with Crippen LogP contribution in [0.2, 0.25) is 5.02 Å². The van der Waals surface area contributed by atoms with Crippen molar-refractivity contribution in [2.24, 2.45) is 0 Å². The van der Waals surface area contributed by atoms with Gasteiger partial charge >= 0.3 is 6.09 Å². The van der Waals surface area contributed by atoms with Crippen LogP contribution in [0.15, 0.2) is 6.07 Å². The van der Waals surface area contributed by atoms with Gasteiger partial charge < -0.3 is 20.9 Å². The molecule has 0 aliphatic carbocycles. The number of anilines is 1. The van der Waals surface area contributed by atoms with Crippen LogP contribution in [0.5, 0.6) is 5.75 Å². The molecule has 28 heavy (non-hydrogen) atoms. The van der Waals surface area contributed by atoms with E-state index in [0.29, 0.717) is 29.9 Å². The number of amides is 1. The lowest BCUT2D eigenvalue weighted by atomic mass is 10.0. The fraction of sp³-hybridized carbons (Fsp3) is 0.389. The topological polar surface area (TPSA) is 137 Å². The molecule has 0 saturated carbocycles. The number of nitrogen functional groups attached to an aromatic ring is 1. The molecule has 0 spiro atoms. The minimum absolute atomic E-state index is 0.0330. The molecule has 5 N–H and O–H groups in total. The van der Waals surface area contributed by atoms with Gasteiger partial charge in [0.05, 0.1) is 17.3 Å². The van der Waals surface area contributed by atoms with Gasteiger partial charge in [-0.15, -0.1) is 0 Å². The number of rotatable bonds is 6. The molecule has 0 aliphatic heterocycles. The third-order valence-corrected chi connectivity index (χ3v) is 4.02. The Labute approximate surface area is 167 Å². The summed E-state index contributed by atoms with van der Waals surface area (Å²) in [5, 5.41) is 25.4. The second kappa shape index (κ2) is 11.0. The van der Waals surface area contributed by atoms with E-state index in [9.17, 15) is 9.18 Å². The zero-order valence-corrected chi connectivity index (χ0v) is 16.7. The highest BCUT2D eigenvalue weighted by atomic mass is 35.5. The van der Waals surface area contributed by atoms with Crippen LogP contribution in [0.1, 0.15) is 36.2 Å². The molecule has 8 nitrogen and oxygen atoms in total. The zero-order valence-electron chi connectivity index (χ0n) is 15.9. The van der Waals surface area contributed by atoms with E-state index in [-0.39, 0.29) is 23.8 Å². The largest absolute Gasteiger partial charge is 0.493 e. The van der Waals surface area contributed by atoms with E-state index in [1.54, 1.807) is 13.0 Å². The fourth-order valence-corrected chi connectivity index (χ4v) is 2.66. The maximum Gasteiger partial charge on any atom is 0.404 e. The Morgan fingerprint density at radius 2 is 2.21 bits per heavy atom. The fourth-order valence-electron chi connectivity index (χ4n) is 2.41. The Hall–Kier alpha value is -2.99. The van der Waals surface area contributed by atoms with Crippen molar-refractivity contribution < 1.29 is 19.0 Å². The van der Waals surface area contributed by atoms with Gasteiger partial charge in [-0.25, -0.2) is 9.18 Å². The summed E-state index contributed by atoms with van der Waals surface area (Å²) in [6.07, 6.45) is -0.286. The average Bonchev–Trinajstić information content (AvgIpc) is 2.98. The molecule has 10 heteroatoms. The molecule has 0 unspecified atom stereocenters. The van der Waals surface area contributed by atoms with Gasteiger partial charge in [-0.1, -0.05) is 18.5 Å². The molecular weight excluding hydrogens is 389 g/mol. The molecule has 1 aromatic heterocycles. The number of nitriles is 1. The monoisotopic (exact) mass is 411 g/mol. The zero-order chi connectivity index (χ0) is 21.3. The smallest absolute Gasteiger partial charge is 0.404 e. The lowest BCUT2D eigenvalue weighted by Gasteiger charge is -2.16. The third-order valence-electron chi connectivity index (χ3n) is 3.75. The third kappa shape index (κ3) is 6.03. The van der Waals surface area contributed by atoms with Gasteiger partial charge in [-0.05, 0) is 38.3 Å². The number of aromatic amines is 1. The van der Waals surface area contributed by atoms with Gasteiger partial charge in [0.2, 0.25) is 0 Å². The SMILES string of the molecule is CCOc1c(CC)cc(Cl)c(F)c1CCNC(=O)O.Cc1[nH]nc(N)c1C#N. The van der Waals surface area contributed by atoms with Gasteiger partial charge in [0, 0.05) is 12.1 Å². The molecule has 1 aromatic carbocycles. The molecule has 0 radical (unpaired) electrons. The number of nitrogens with zero attached hydrogens (tertiary/aromatic N) is 2. The summed E-state index contributed by atoms with van der Waals surface area (Å²) in [7, 11) is 0. The summed E-state index contributed by atoms with van der Waals surface area (Å²) in [5.74, 6) is 0.198. The number of aromatic nitrogens is 2.